The van der Waals surface area contributed by atoms with Gasteiger partial charge >= 0.3 is 0 Å². The smallest absolute Gasteiger partial charge is 0.236 e. The molecule has 4 rings (SSSR count). The summed E-state index contributed by atoms with van der Waals surface area (Å²) in [6.45, 7) is 2.86. The van der Waals surface area contributed by atoms with E-state index in [0.717, 1.165) is 21.9 Å². The highest BCUT2D eigenvalue weighted by Crippen LogP contribution is 2.33. The summed E-state index contributed by atoms with van der Waals surface area (Å²) in [4.78, 5) is 31.9. The average molecular weight is 423 g/mol. The van der Waals surface area contributed by atoms with Crippen LogP contribution in [0.25, 0.3) is 10.8 Å². The number of amides is 2. The van der Waals surface area contributed by atoms with E-state index in [4.69, 9.17) is 11.6 Å². The van der Waals surface area contributed by atoms with Crippen molar-refractivity contribution in [2.75, 3.05) is 18.9 Å². The number of pyridine rings is 1. The third kappa shape index (κ3) is 3.88. The fourth-order valence-corrected chi connectivity index (χ4v) is 4.16. The molecule has 2 heterocycles. The fraction of sp³-hybridized carbons (Fsp3) is 0.261. The first-order valence-corrected chi connectivity index (χ1v) is 10.2. The van der Waals surface area contributed by atoms with Crippen molar-refractivity contribution < 1.29 is 9.59 Å². The van der Waals surface area contributed by atoms with Crippen molar-refractivity contribution in [3.63, 3.8) is 0 Å². The van der Waals surface area contributed by atoms with Gasteiger partial charge in [0.25, 0.3) is 0 Å². The van der Waals surface area contributed by atoms with Gasteiger partial charge in [0.05, 0.1) is 23.8 Å². The van der Waals surface area contributed by atoms with Gasteiger partial charge in [-0.2, -0.15) is 0 Å². The van der Waals surface area contributed by atoms with Crippen LogP contribution < -0.4 is 10.6 Å². The van der Waals surface area contributed by atoms with E-state index in [2.05, 4.69) is 15.6 Å². The van der Waals surface area contributed by atoms with E-state index in [-0.39, 0.29) is 17.9 Å². The monoisotopic (exact) mass is 422 g/mol. The predicted molar refractivity (Wildman–Crippen MR) is 119 cm³/mol. The van der Waals surface area contributed by atoms with Crippen LogP contribution in [0, 0.1) is 0 Å². The van der Waals surface area contributed by atoms with Gasteiger partial charge in [0.1, 0.15) is 0 Å². The second-order valence-electron chi connectivity index (χ2n) is 7.51. The second-order valence-corrected chi connectivity index (χ2v) is 7.95. The van der Waals surface area contributed by atoms with Crippen LogP contribution in [0.3, 0.4) is 0 Å². The van der Waals surface area contributed by atoms with Gasteiger partial charge in [-0.05, 0) is 30.2 Å². The molecule has 1 aliphatic rings. The summed E-state index contributed by atoms with van der Waals surface area (Å²) in [5.74, 6) is -0.686. The van der Waals surface area contributed by atoms with Crippen LogP contribution in [-0.2, 0) is 16.1 Å². The van der Waals surface area contributed by atoms with Crippen molar-refractivity contribution >= 4 is 39.9 Å². The van der Waals surface area contributed by atoms with Gasteiger partial charge < -0.3 is 10.6 Å². The van der Waals surface area contributed by atoms with Gasteiger partial charge in [-0.3, -0.25) is 19.5 Å². The zero-order valence-electron chi connectivity index (χ0n) is 16.9. The summed E-state index contributed by atoms with van der Waals surface area (Å²) < 4.78 is 0. The van der Waals surface area contributed by atoms with Crippen molar-refractivity contribution in [1.82, 2.24) is 15.2 Å². The molecule has 1 aliphatic heterocycles. The molecule has 2 amide bonds. The van der Waals surface area contributed by atoms with E-state index in [0.29, 0.717) is 23.8 Å². The van der Waals surface area contributed by atoms with Gasteiger partial charge in [0, 0.05) is 42.1 Å². The minimum absolute atomic E-state index is 0.0789. The maximum Gasteiger partial charge on any atom is 0.236 e. The maximum absolute atomic E-state index is 13.4. The van der Waals surface area contributed by atoms with Gasteiger partial charge in [-0.15, -0.1) is 0 Å². The van der Waals surface area contributed by atoms with E-state index >= 15 is 0 Å². The Hall–Kier alpha value is -2.96. The lowest BCUT2D eigenvalue weighted by Gasteiger charge is -2.37. The Labute approximate surface area is 180 Å². The number of hydrogen-bond donors (Lipinski definition) is 2. The summed E-state index contributed by atoms with van der Waals surface area (Å²) in [6.07, 6.45) is 3.43. The third-order valence-electron chi connectivity index (χ3n) is 5.69. The van der Waals surface area contributed by atoms with E-state index in [1.165, 1.54) is 0 Å². The Morgan fingerprint density at radius 3 is 2.80 bits per heavy atom. The van der Waals surface area contributed by atoms with Crippen LogP contribution in [0.5, 0.6) is 0 Å². The molecule has 0 spiro atoms. The molecule has 0 fully saturated rings. The lowest BCUT2D eigenvalue weighted by molar-refractivity contribution is -0.127. The largest absolute Gasteiger partial charge is 0.358 e. The predicted octanol–water partition coefficient (Wildman–Crippen LogP) is 3.56. The molecule has 1 aromatic heterocycles. The van der Waals surface area contributed by atoms with Gasteiger partial charge in [0.2, 0.25) is 11.8 Å². The molecule has 2 unspecified atom stereocenters. The molecule has 2 N–H and O–H groups in total. The number of halogens is 1. The van der Waals surface area contributed by atoms with E-state index in [1.807, 2.05) is 54.3 Å². The standard InChI is InChI=1S/C23H23ClN4O2/c1-14(22(29)25-2)28-12-16-7-8-17(24)9-19(16)20(13-28)23(30)27-21-11-26-10-15-5-3-4-6-18(15)21/h3-11,14,20H,12-13H2,1-2H3,(H,25,29)(H,27,30). The molecule has 154 valence electrons. The summed E-state index contributed by atoms with van der Waals surface area (Å²) in [6, 6.07) is 13.0. The van der Waals surface area contributed by atoms with Crippen LogP contribution in [0.2, 0.25) is 5.02 Å². The highest BCUT2D eigenvalue weighted by molar-refractivity contribution is 6.30. The van der Waals surface area contributed by atoms with Crippen LogP contribution >= 0.6 is 11.6 Å². The molecule has 30 heavy (non-hydrogen) atoms. The highest BCUT2D eigenvalue weighted by Gasteiger charge is 2.34. The van der Waals surface area contributed by atoms with Gasteiger partial charge in [0.15, 0.2) is 0 Å². The Morgan fingerprint density at radius 1 is 1.20 bits per heavy atom. The normalized spacial score (nSPS) is 17.2. The molecule has 0 saturated heterocycles. The first kappa shape index (κ1) is 20.3. The van der Waals surface area contributed by atoms with E-state index in [9.17, 15) is 9.59 Å². The Kier molecular flexibility index (Phi) is 5.70. The van der Waals surface area contributed by atoms with E-state index < -0.39 is 5.92 Å². The van der Waals surface area contributed by atoms with Gasteiger partial charge in [-0.1, -0.05) is 41.9 Å². The number of nitrogens with zero attached hydrogens (tertiary/aromatic N) is 2. The Morgan fingerprint density at radius 2 is 2.00 bits per heavy atom. The molecule has 0 radical (unpaired) electrons. The third-order valence-corrected chi connectivity index (χ3v) is 5.93. The number of carbonyl (C=O) groups excluding carboxylic acids is 2. The van der Waals surface area contributed by atoms with Crippen molar-refractivity contribution in [3.8, 4) is 0 Å². The van der Waals surface area contributed by atoms with E-state index in [1.54, 1.807) is 19.4 Å². The quantitative estimate of drug-likeness (QED) is 0.674. The molecule has 7 heteroatoms. The van der Waals surface area contributed by atoms with Crippen molar-refractivity contribution in [2.45, 2.75) is 25.4 Å². The number of anilines is 1. The second kappa shape index (κ2) is 8.42. The van der Waals surface area contributed by atoms with Crippen molar-refractivity contribution in [2.24, 2.45) is 0 Å². The Balaban J connectivity index is 1.67. The number of hydrogen-bond acceptors (Lipinski definition) is 4. The van der Waals surface area contributed by atoms with Crippen molar-refractivity contribution in [1.29, 1.82) is 0 Å². The topological polar surface area (TPSA) is 74.3 Å². The minimum Gasteiger partial charge on any atom is -0.358 e. The lowest BCUT2D eigenvalue weighted by Crippen LogP contribution is -2.48. The van der Waals surface area contributed by atoms with Crippen LogP contribution in [0.15, 0.2) is 54.9 Å². The molecule has 0 saturated carbocycles. The summed E-state index contributed by atoms with van der Waals surface area (Å²) in [5.41, 5.74) is 2.56. The maximum atomic E-state index is 13.4. The zero-order valence-corrected chi connectivity index (χ0v) is 17.6. The number of fused-ring (bicyclic) bond motifs is 2. The molecule has 2 aromatic carbocycles. The SMILES string of the molecule is CNC(=O)C(C)N1Cc2ccc(Cl)cc2C(C(=O)Nc2cncc3ccccc23)C1. The Bertz CT molecular complexity index is 1110. The molecule has 0 aliphatic carbocycles. The number of likely N-dealkylation sites (N-methyl/N-ethyl adjacent to an activating group) is 1. The van der Waals surface area contributed by atoms with Crippen molar-refractivity contribution in [3.05, 3.63) is 71.0 Å². The van der Waals surface area contributed by atoms with Crippen LogP contribution in [-0.4, -0.2) is 41.3 Å². The summed E-state index contributed by atoms with van der Waals surface area (Å²) >= 11 is 6.24. The number of benzene rings is 2. The average Bonchev–Trinajstić information content (AvgIpc) is 2.77. The first-order chi connectivity index (χ1) is 14.5. The molecule has 3 aromatic rings. The van der Waals surface area contributed by atoms with Crippen LogP contribution in [0.4, 0.5) is 5.69 Å². The fourth-order valence-electron chi connectivity index (χ4n) is 3.98. The summed E-state index contributed by atoms with van der Waals surface area (Å²) in [7, 11) is 1.62. The number of carbonyl (C=O) groups is 2. The highest BCUT2D eigenvalue weighted by atomic mass is 35.5. The van der Waals surface area contributed by atoms with Crippen LogP contribution in [0.1, 0.15) is 24.0 Å². The summed E-state index contributed by atoms with van der Waals surface area (Å²) in [5, 5.41) is 8.21. The zero-order chi connectivity index (χ0) is 21.3. The number of rotatable bonds is 4. The number of aromatic nitrogens is 1. The molecular formula is C23H23ClN4O2. The molecule has 0 bridgehead atoms. The first-order valence-electron chi connectivity index (χ1n) is 9.85. The molecule has 6 nitrogen and oxygen atoms in total. The lowest BCUT2D eigenvalue weighted by atomic mass is 9.88. The van der Waals surface area contributed by atoms with Gasteiger partial charge in [-0.25, -0.2) is 0 Å². The molecule has 2 atom stereocenters. The number of nitrogens with one attached hydrogen (secondary N) is 2. The minimum atomic E-state index is -0.460. The molecular weight excluding hydrogens is 400 g/mol.